The molecule has 0 radical (unpaired) electrons. The zero-order valence-electron chi connectivity index (χ0n) is 13.1. The zero-order valence-corrected chi connectivity index (χ0v) is 13.1. The summed E-state index contributed by atoms with van der Waals surface area (Å²) in [5, 5.41) is 20.3. The van der Waals surface area contributed by atoms with Gasteiger partial charge >= 0.3 is 5.97 Å². The van der Waals surface area contributed by atoms with Crippen LogP contribution >= 0.6 is 0 Å². The average molecular weight is 315 g/mol. The van der Waals surface area contributed by atoms with E-state index in [1.54, 1.807) is 6.08 Å². The molecule has 5 nitrogen and oxygen atoms in total. The third kappa shape index (κ3) is 2.40. The molecule has 3 rings (SSSR count). The lowest BCUT2D eigenvalue weighted by Crippen LogP contribution is -2.64. The van der Waals surface area contributed by atoms with Crippen LogP contribution in [0.3, 0.4) is 0 Å². The molecule has 4 atom stereocenters. The summed E-state index contributed by atoms with van der Waals surface area (Å²) in [6.45, 7) is 0. The minimum Gasteiger partial charge on any atom is -0.480 e. The Hall–Kier alpha value is -1.98. The summed E-state index contributed by atoms with van der Waals surface area (Å²) < 4.78 is 0. The quantitative estimate of drug-likeness (QED) is 0.651. The lowest BCUT2D eigenvalue weighted by Gasteiger charge is -2.46. The fourth-order valence-corrected chi connectivity index (χ4v) is 4.10. The predicted molar refractivity (Wildman–Crippen MR) is 85.7 cm³/mol. The van der Waals surface area contributed by atoms with Crippen LogP contribution in [-0.2, 0) is 9.59 Å². The molecule has 0 unspecified atom stereocenters. The van der Waals surface area contributed by atoms with Gasteiger partial charge in [-0.3, -0.25) is 14.5 Å². The number of carbonyl (C=O) groups excluding carboxylic acids is 1. The minimum atomic E-state index is -1.77. The summed E-state index contributed by atoms with van der Waals surface area (Å²) in [6, 6.07) is 8.95. The SMILES string of the molecule is CN1[C@H]2CC[C@@H]1[C@](C(=O)O)(C(=O)/C=C/c1ccccc1)[C@@H](O)C2. The number of benzene rings is 1. The molecule has 2 heterocycles. The molecule has 1 aromatic rings. The number of nitrogens with zero attached hydrogens (tertiary/aromatic N) is 1. The molecule has 2 N–H and O–H groups in total. The van der Waals surface area contributed by atoms with Gasteiger partial charge in [0.05, 0.1) is 6.10 Å². The monoisotopic (exact) mass is 315 g/mol. The van der Waals surface area contributed by atoms with E-state index in [9.17, 15) is 19.8 Å². The maximum absolute atomic E-state index is 12.8. The van der Waals surface area contributed by atoms with Gasteiger partial charge in [0.25, 0.3) is 0 Å². The van der Waals surface area contributed by atoms with Crippen LogP contribution in [0.2, 0.25) is 0 Å². The highest BCUT2D eigenvalue weighted by Crippen LogP contribution is 2.47. The lowest BCUT2D eigenvalue weighted by molar-refractivity contribution is -0.173. The summed E-state index contributed by atoms with van der Waals surface area (Å²) in [7, 11) is 1.85. The van der Waals surface area contributed by atoms with Crippen LogP contribution in [-0.4, -0.2) is 52.1 Å². The topological polar surface area (TPSA) is 77.8 Å². The summed E-state index contributed by atoms with van der Waals surface area (Å²) in [6.07, 6.45) is 3.53. The smallest absolute Gasteiger partial charge is 0.321 e. The predicted octanol–water partition coefficient (Wildman–Crippen LogP) is 1.57. The fourth-order valence-electron chi connectivity index (χ4n) is 4.10. The molecule has 0 saturated carbocycles. The van der Waals surface area contributed by atoms with Crippen molar-refractivity contribution in [1.29, 1.82) is 0 Å². The van der Waals surface area contributed by atoms with E-state index in [4.69, 9.17) is 0 Å². The van der Waals surface area contributed by atoms with Crippen LogP contribution in [0.5, 0.6) is 0 Å². The van der Waals surface area contributed by atoms with Gasteiger partial charge in [0.2, 0.25) is 0 Å². The molecule has 5 heteroatoms. The molecule has 0 spiro atoms. The molecule has 23 heavy (non-hydrogen) atoms. The van der Waals surface area contributed by atoms with E-state index < -0.39 is 29.3 Å². The van der Waals surface area contributed by atoms with Crippen molar-refractivity contribution in [3.05, 3.63) is 42.0 Å². The fraction of sp³-hybridized carbons (Fsp3) is 0.444. The number of piperidine rings is 1. The molecule has 2 saturated heterocycles. The standard InChI is InChI=1S/C18H21NO4/c1-19-13-8-9-14(19)18(17(22)23,16(21)11-13)15(20)10-7-12-5-3-2-4-6-12/h2-7,10,13-14,16,21H,8-9,11H2,1H3,(H,22,23)/b10-7+/t13-,14+,16-,18-/m0/s1. The number of hydrogen-bond acceptors (Lipinski definition) is 4. The van der Waals surface area contributed by atoms with Crippen molar-refractivity contribution >= 4 is 17.8 Å². The number of allylic oxidation sites excluding steroid dienone is 1. The normalized spacial score (nSPS) is 33.9. The third-order valence-corrected chi connectivity index (χ3v) is 5.38. The van der Waals surface area contributed by atoms with Gasteiger partial charge in [0, 0.05) is 12.1 Å². The van der Waals surface area contributed by atoms with Crippen LogP contribution in [0.25, 0.3) is 6.08 Å². The Morgan fingerprint density at radius 3 is 2.61 bits per heavy atom. The van der Waals surface area contributed by atoms with Crippen molar-refractivity contribution in [2.45, 2.75) is 37.5 Å². The highest BCUT2D eigenvalue weighted by molar-refractivity contribution is 6.11. The highest BCUT2D eigenvalue weighted by Gasteiger charge is 2.63. The maximum atomic E-state index is 12.8. The molecule has 122 valence electrons. The van der Waals surface area contributed by atoms with E-state index in [0.717, 1.165) is 12.0 Å². The Kier molecular flexibility index (Phi) is 4.08. The van der Waals surface area contributed by atoms with E-state index in [1.165, 1.54) is 6.08 Å². The number of aliphatic hydroxyl groups excluding tert-OH is 1. The molecule has 2 fully saturated rings. The number of aliphatic carboxylic acids is 1. The van der Waals surface area contributed by atoms with Gasteiger partial charge in [-0.1, -0.05) is 36.4 Å². The summed E-state index contributed by atoms with van der Waals surface area (Å²) in [5.74, 6) is -1.76. The molecule has 2 aliphatic rings. The first-order valence-electron chi connectivity index (χ1n) is 7.89. The van der Waals surface area contributed by atoms with Gasteiger partial charge in [0.1, 0.15) is 0 Å². The zero-order chi connectivity index (χ0) is 16.6. The molecule has 0 aromatic heterocycles. The number of rotatable bonds is 4. The Morgan fingerprint density at radius 1 is 1.26 bits per heavy atom. The van der Waals surface area contributed by atoms with E-state index in [1.807, 2.05) is 42.3 Å². The van der Waals surface area contributed by atoms with Crippen molar-refractivity contribution < 1.29 is 19.8 Å². The number of aliphatic hydroxyl groups is 1. The van der Waals surface area contributed by atoms with E-state index in [0.29, 0.717) is 12.8 Å². The minimum absolute atomic E-state index is 0.161. The molecule has 1 aromatic carbocycles. The van der Waals surface area contributed by atoms with Crippen LogP contribution in [0.1, 0.15) is 24.8 Å². The van der Waals surface area contributed by atoms with Gasteiger partial charge in [-0.15, -0.1) is 0 Å². The number of fused-ring (bicyclic) bond motifs is 2. The number of carboxylic acid groups (broad SMARTS) is 1. The molecular weight excluding hydrogens is 294 g/mol. The second-order valence-corrected chi connectivity index (χ2v) is 6.45. The van der Waals surface area contributed by atoms with Crippen LogP contribution in [0, 0.1) is 5.41 Å². The second-order valence-electron chi connectivity index (χ2n) is 6.45. The number of carboxylic acids is 1. The van der Waals surface area contributed by atoms with Crippen LogP contribution < -0.4 is 0 Å². The molecule has 2 bridgehead atoms. The number of hydrogen-bond donors (Lipinski definition) is 2. The Labute approximate surface area is 135 Å². The largest absolute Gasteiger partial charge is 0.480 e. The van der Waals surface area contributed by atoms with Gasteiger partial charge < -0.3 is 10.2 Å². The summed E-state index contributed by atoms with van der Waals surface area (Å²) in [4.78, 5) is 26.8. The van der Waals surface area contributed by atoms with Gasteiger partial charge in [-0.25, -0.2) is 0 Å². The average Bonchev–Trinajstić information content (AvgIpc) is 2.80. The van der Waals surface area contributed by atoms with Crippen molar-refractivity contribution in [3.8, 4) is 0 Å². The summed E-state index contributed by atoms with van der Waals surface area (Å²) in [5.41, 5.74) is -0.947. The van der Waals surface area contributed by atoms with Gasteiger partial charge in [-0.05, 0) is 37.9 Å². The summed E-state index contributed by atoms with van der Waals surface area (Å²) >= 11 is 0. The Bertz CT molecular complexity index is 642. The van der Waals surface area contributed by atoms with E-state index >= 15 is 0 Å². The number of carbonyl (C=O) groups is 2. The van der Waals surface area contributed by atoms with Crippen molar-refractivity contribution in [2.24, 2.45) is 5.41 Å². The first-order valence-corrected chi connectivity index (χ1v) is 7.89. The molecule has 0 aliphatic carbocycles. The van der Waals surface area contributed by atoms with Crippen LogP contribution in [0.15, 0.2) is 36.4 Å². The Morgan fingerprint density at radius 2 is 1.96 bits per heavy atom. The third-order valence-electron chi connectivity index (χ3n) is 5.38. The van der Waals surface area contributed by atoms with Crippen molar-refractivity contribution in [3.63, 3.8) is 0 Å². The highest BCUT2D eigenvalue weighted by atomic mass is 16.4. The van der Waals surface area contributed by atoms with Gasteiger partial charge in [0.15, 0.2) is 11.2 Å². The van der Waals surface area contributed by atoms with Gasteiger partial charge in [-0.2, -0.15) is 0 Å². The lowest BCUT2D eigenvalue weighted by atomic mass is 9.68. The van der Waals surface area contributed by atoms with E-state index in [2.05, 4.69) is 0 Å². The molecular formula is C18H21NO4. The molecule has 0 amide bonds. The number of ketones is 1. The molecule has 2 aliphatic heterocycles. The van der Waals surface area contributed by atoms with Crippen LogP contribution in [0.4, 0.5) is 0 Å². The van der Waals surface area contributed by atoms with Crippen molar-refractivity contribution in [1.82, 2.24) is 4.90 Å². The first kappa shape index (κ1) is 15.9. The van der Waals surface area contributed by atoms with E-state index in [-0.39, 0.29) is 6.04 Å². The van der Waals surface area contributed by atoms with Crippen molar-refractivity contribution in [2.75, 3.05) is 7.05 Å². The Balaban J connectivity index is 1.96. The second kappa shape index (κ2) is 5.91. The maximum Gasteiger partial charge on any atom is 0.321 e. The first-order chi connectivity index (χ1) is 11.0.